The van der Waals surface area contributed by atoms with Crippen molar-refractivity contribution >= 4 is 46.3 Å². The maximum atomic E-state index is 11.9. The Kier molecular flexibility index (Phi) is 2.42. The van der Waals surface area contributed by atoms with Crippen LogP contribution < -0.4 is 5.32 Å². The number of carbonyl (C=O) groups excluding carboxylic acids is 1. The molecule has 2 aromatic rings. The highest BCUT2D eigenvalue weighted by Crippen LogP contribution is 2.43. The van der Waals surface area contributed by atoms with Crippen LogP contribution >= 0.6 is 34.7 Å². The van der Waals surface area contributed by atoms with E-state index in [4.69, 9.17) is 11.6 Å². The zero-order valence-corrected chi connectivity index (χ0v) is 10.4. The number of hydrogen-bond donors (Lipinski definition) is 1. The molecule has 1 aromatic heterocycles. The lowest BCUT2D eigenvalue weighted by Crippen LogP contribution is -2.10. The first kappa shape index (κ1) is 10.2. The summed E-state index contributed by atoms with van der Waals surface area (Å²) >= 11 is 8.94. The average Bonchev–Trinajstić information content (AvgIpc) is 2.57. The SMILES string of the molecule is O=C1Nc2ccccc2Sc2sc(Cl)cc21. The van der Waals surface area contributed by atoms with Crippen LogP contribution in [0.4, 0.5) is 5.69 Å². The Hall–Kier alpha value is -0.970. The zero-order valence-electron chi connectivity index (χ0n) is 7.99. The Bertz CT molecular complexity index is 579. The Morgan fingerprint density at radius 3 is 2.94 bits per heavy atom. The molecule has 0 radical (unpaired) electrons. The lowest BCUT2D eigenvalue weighted by molar-refractivity contribution is 0.102. The van der Waals surface area contributed by atoms with Gasteiger partial charge in [-0.15, -0.1) is 11.3 Å². The van der Waals surface area contributed by atoms with E-state index in [1.54, 1.807) is 17.8 Å². The summed E-state index contributed by atoms with van der Waals surface area (Å²) in [6.07, 6.45) is 0. The van der Waals surface area contributed by atoms with Crippen molar-refractivity contribution in [2.45, 2.75) is 9.10 Å². The maximum absolute atomic E-state index is 11.9. The molecule has 0 bridgehead atoms. The molecule has 1 aliphatic rings. The molecular formula is C11H6ClNOS2. The van der Waals surface area contributed by atoms with Gasteiger partial charge in [0.05, 0.1) is 19.8 Å². The van der Waals surface area contributed by atoms with E-state index in [0.717, 1.165) is 14.8 Å². The van der Waals surface area contributed by atoms with Crippen molar-refractivity contribution < 1.29 is 4.79 Å². The highest BCUT2D eigenvalue weighted by atomic mass is 35.5. The van der Waals surface area contributed by atoms with E-state index in [0.29, 0.717) is 9.90 Å². The van der Waals surface area contributed by atoms with Gasteiger partial charge in [0.1, 0.15) is 0 Å². The number of nitrogens with one attached hydrogen (secondary N) is 1. The van der Waals surface area contributed by atoms with Crippen LogP contribution in [0.25, 0.3) is 0 Å². The lowest BCUT2D eigenvalue weighted by Gasteiger charge is -2.04. The third-order valence-corrected chi connectivity index (χ3v) is 4.79. The molecule has 0 fully saturated rings. The second kappa shape index (κ2) is 3.80. The molecule has 3 rings (SSSR count). The minimum Gasteiger partial charge on any atom is -0.321 e. The first-order valence-electron chi connectivity index (χ1n) is 4.61. The van der Waals surface area contributed by atoms with Crippen molar-refractivity contribution in [1.82, 2.24) is 0 Å². The Morgan fingerprint density at radius 1 is 1.25 bits per heavy atom. The van der Waals surface area contributed by atoms with E-state index in [9.17, 15) is 4.79 Å². The quantitative estimate of drug-likeness (QED) is 0.778. The van der Waals surface area contributed by atoms with Gasteiger partial charge in [-0.25, -0.2) is 0 Å². The van der Waals surface area contributed by atoms with Gasteiger partial charge in [-0.05, 0) is 18.2 Å². The molecule has 0 spiro atoms. The second-order valence-electron chi connectivity index (χ2n) is 3.30. The van der Waals surface area contributed by atoms with Crippen molar-refractivity contribution in [2.75, 3.05) is 5.32 Å². The van der Waals surface area contributed by atoms with Gasteiger partial charge in [0.25, 0.3) is 5.91 Å². The molecule has 1 N–H and O–H groups in total. The smallest absolute Gasteiger partial charge is 0.257 e. The van der Waals surface area contributed by atoms with Gasteiger partial charge in [0.15, 0.2) is 0 Å². The van der Waals surface area contributed by atoms with Crippen LogP contribution in [0.2, 0.25) is 4.34 Å². The lowest BCUT2D eigenvalue weighted by atomic mass is 10.3. The fourth-order valence-corrected chi connectivity index (χ4v) is 4.16. The minimum absolute atomic E-state index is 0.0874. The van der Waals surface area contributed by atoms with Crippen LogP contribution in [0.5, 0.6) is 0 Å². The van der Waals surface area contributed by atoms with Crippen LogP contribution in [0.3, 0.4) is 0 Å². The number of hydrogen-bond acceptors (Lipinski definition) is 3. The summed E-state index contributed by atoms with van der Waals surface area (Å²) in [6, 6.07) is 9.47. The molecule has 0 unspecified atom stereocenters. The summed E-state index contributed by atoms with van der Waals surface area (Å²) < 4.78 is 1.60. The second-order valence-corrected chi connectivity index (χ2v) is 6.30. The summed E-state index contributed by atoms with van der Waals surface area (Å²) in [5.74, 6) is -0.0874. The van der Waals surface area contributed by atoms with Crippen LogP contribution in [0.15, 0.2) is 39.4 Å². The number of halogens is 1. The van der Waals surface area contributed by atoms with Crippen LogP contribution in [-0.2, 0) is 0 Å². The summed E-state index contributed by atoms with van der Waals surface area (Å²) in [5, 5.41) is 2.88. The molecule has 80 valence electrons. The normalized spacial score (nSPS) is 13.7. The summed E-state index contributed by atoms with van der Waals surface area (Å²) in [5.41, 5.74) is 1.52. The van der Waals surface area contributed by atoms with Gasteiger partial charge < -0.3 is 5.32 Å². The third kappa shape index (κ3) is 1.63. The van der Waals surface area contributed by atoms with Gasteiger partial charge in [0.2, 0.25) is 0 Å². The minimum atomic E-state index is -0.0874. The molecule has 0 saturated heterocycles. The largest absolute Gasteiger partial charge is 0.321 e. The van der Waals surface area contributed by atoms with E-state index in [1.165, 1.54) is 11.3 Å². The molecule has 1 amide bonds. The fraction of sp³-hybridized carbons (Fsp3) is 0. The van der Waals surface area contributed by atoms with Crippen LogP contribution in [0, 0.1) is 0 Å². The zero-order chi connectivity index (χ0) is 11.1. The summed E-state index contributed by atoms with van der Waals surface area (Å²) in [4.78, 5) is 13.0. The van der Waals surface area contributed by atoms with Crippen LogP contribution in [-0.4, -0.2) is 5.91 Å². The van der Waals surface area contributed by atoms with Crippen molar-refractivity contribution in [1.29, 1.82) is 0 Å². The number of amides is 1. The van der Waals surface area contributed by atoms with Crippen molar-refractivity contribution in [2.24, 2.45) is 0 Å². The molecule has 1 aliphatic heterocycles. The fourth-order valence-electron chi connectivity index (χ4n) is 1.53. The average molecular weight is 268 g/mol. The van der Waals surface area contributed by atoms with Gasteiger partial charge in [-0.3, -0.25) is 4.79 Å². The first-order valence-corrected chi connectivity index (χ1v) is 6.63. The van der Waals surface area contributed by atoms with E-state index in [2.05, 4.69) is 5.32 Å². The molecule has 0 aliphatic carbocycles. The highest BCUT2D eigenvalue weighted by Gasteiger charge is 2.22. The number of thiophene rings is 1. The first-order chi connectivity index (χ1) is 7.74. The molecule has 2 nitrogen and oxygen atoms in total. The number of anilines is 1. The van der Waals surface area contributed by atoms with Crippen molar-refractivity contribution in [3.63, 3.8) is 0 Å². The summed E-state index contributed by atoms with van der Waals surface area (Å²) in [6.45, 7) is 0. The van der Waals surface area contributed by atoms with E-state index in [-0.39, 0.29) is 5.91 Å². The van der Waals surface area contributed by atoms with Crippen molar-refractivity contribution in [3.05, 3.63) is 40.2 Å². The molecule has 5 heteroatoms. The number of rotatable bonds is 0. The molecule has 1 aromatic carbocycles. The van der Waals surface area contributed by atoms with Gasteiger partial charge >= 0.3 is 0 Å². The number of para-hydroxylation sites is 1. The monoisotopic (exact) mass is 267 g/mol. The topological polar surface area (TPSA) is 29.1 Å². The van der Waals surface area contributed by atoms with Gasteiger partial charge in [-0.2, -0.15) is 0 Å². The molecular weight excluding hydrogens is 262 g/mol. The highest BCUT2D eigenvalue weighted by molar-refractivity contribution is 8.01. The molecule has 2 heterocycles. The predicted octanol–water partition coefficient (Wildman–Crippen LogP) is 4.12. The van der Waals surface area contributed by atoms with E-state index < -0.39 is 0 Å². The standard InChI is InChI=1S/C11H6ClNOS2/c12-9-5-6-10(14)13-7-3-1-2-4-8(7)15-11(6)16-9/h1-5H,(H,13,14). The molecule has 0 saturated carbocycles. The molecule has 16 heavy (non-hydrogen) atoms. The van der Waals surface area contributed by atoms with Crippen LogP contribution in [0.1, 0.15) is 10.4 Å². The van der Waals surface area contributed by atoms with Crippen molar-refractivity contribution in [3.8, 4) is 0 Å². The third-order valence-electron chi connectivity index (χ3n) is 2.25. The molecule has 0 atom stereocenters. The number of carbonyl (C=O) groups is 1. The predicted molar refractivity (Wildman–Crippen MR) is 67.8 cm³/mol. The van der Waals surface area contributed by atoms with E-state index in [1.807, 2.05) is 24.3 Å². The Morgan fingerprint density at radius 2 is 2.06 bits per heavy atom. The Balaban J connectivity index is 2.17. The maximum Gasteiger partial charge on any atom is 0.257 e. The van der Waals surface area contributed by atoms with E-state index >= 15 is 0 Å². The van der Waals surface area contributed by atoms with Gasteiger partial charge in [-0.1, -0.05) is 35.5 Å². The van der Waals surface area contributed by atoms with Gasteiger partial charge in [0, 0.05) is 4.90 Å². The number of benzene rings is 1. The number of fused-ring (bicyclic) bond motifs is 2. The summed E-state index contributed by atoms with van der Waals surface area (Å²) in [7, 11) is 0. The Labute approximate surface area is 106 Å².